The molecular formula is C16H25NO2. The molecule has 1 aliphatic rings. The number of hydrogen-bond donors (Lipinski definition) is 1. The van der Waals surface area contributed by atoms with Gasteiger partial charge in [-0.3, -0.25) is 0 Å². The third-order valence-electron chi connectivity index (χ3n) is 3.85. The molecule has 0 aromatic heterocycles. The van der Waals surface area contributed by atoms with Gasteiger partial charge in [0.1, 0.15) is 0 Å². The van der Waals surface area contributed by atoms with E-state index in [0.29, 0.717) is 5.92 Å². The number of nitrogens with one attached hydrogen (secondary N) is 1. The highest BCUT2D eigenvalue weighted by Crippen LogP contribution is 2.35. The van der Waals surface area contributed by atoms with Crippen LogP contribution in [0.3, 0.4) is 0 Å². The van der Waals surface area contributed by atoms with Crippen molar-refractivity contribution in [2.75, 3.05) is 33.4 Å². The summed E-state index contributed by atoms with van der Waals surface area (Å²) in [5.41, 5.74) is 2.79. The third kappa shape index (κ3) is 3.78. The van der Waals surface area contributed by atoms with Crippen LogP contribution in [0.15, 0.2) is 24.3 Å². The highest BCUT2D eigenvalue weighted by Gasteiger charge is 2.30. The largest absolute Gasteiger partial charge is 0.383 e. The predicted molar refractivity (Wildman–Crippen MR) is 77.4 cm³/mol. The van der Waals surface area contributed by atoms with Crippen molar-refractivity contribution in [3.63, 3.8) is 0 Å². The minimum Gasteiger partial charge on any atom is -0.383 e. The SMILES string of the molecule is CCc1ccccc1C1OCCC1CNCCOC. The summed E-state index contributed by atoms with van der Waals surface area (Å²) < 4.78 is 11.0. The first kappa shape index (κ1) is 14.5. The highest BCUT2D eigenvalue weighted by atomic mass is 16.5. The third-order valence-corrected chi connectivity index (χ3v) is 3.85. The molecule has 1 heterocycles. The summed E-state index contributed by atoms with van der Waals surface area (Å²) in [5, 5.41) is 3.46. The molecule has 1 fully saturated rings. The molecule has 0 saturated carbocycles. The molecule has 1 aromatic carbocycles. The standard InChI is InChI=1S/C16H25NO2/c1-3-13-6-4-5-7-15(13)16-14(8-10-19-16)12-17-9-11-18-2/h4-7,14,16-17H,3,8-12H2,1-2H3. The first-order valence-corrected chi connectivity index (χ1v) is 7.25. The maximum atomic E-state index is 5.98. The Morgan fingerprint density at radius 2 is 2.21 bits per heavy atom. The average Bonchev–Trinajstić information content (AvgIpc) is 2.92. The van der Waals surface area contributed by atoms with E-state index < -0.39 is 0 Å². The minimum absolute atomic E-state index is 0.256. The molecule has 2 atom stereocenters. The number of methoxy groups -OCH3 is 1. The normalized spacial score (nSPS) is 22.8. The lowest BCUT2D eigenvalue weighted by atomic mass is 9.91. The first-order chi connectivity index (χ1) is 9.36. The second-order valence-electron chi connectivity index (χ2n) is 5.09. The molecule has 2 rings (SSSR count). The lowest BCUT2D eigenvalue weighted by Crippen LogP contribution is -2.28. The van der Waals surface area contributed by atoms with E-state index in [-0.39, 0.29) is 6.10 Å². The number of rotatable bonds is 7. The minimum atomic E-state index is 0.256. The molecule has 0 amide bonds. The molecule has 1 aromatic rings. The van der Waals surface area contributed by atoms with Gasteiger partial charge in [0, 0.05) is 32.7 Å². The van der Waals surface area contributed by atoms with Gasteiger partial charge in [-0.2, -0.15) is 0 Å². The molecular weight excluding hydrogens is 238 g/mol. The molecule has 0 radical (unpaired) electrons. The Labute approximate surface area is 116 Å². The van der Waals surface area contributed by atoms with Crippen molar-refractivity contribution >= 4 is 0 Å². The van der Waals surface area contributed by atoms with Crippen molar-refractivity contribution in [1.82, 2.24) is 5.32 Å². The Morgan fingerprint density at radius 1 is 1.37 bits per heavy atom. The first-order valence-electron chi connectivity index (χ1n) is 7.25. The van der Waals surface area contributed by atoms with Crippen LogP contribution in [0.2, 0.25) is 0 Å². The van der Waals surface area contributed by atoms with Crippen molar-refractivity contribution in [2.45, 2.75) is 25.9 Å². The predicted octanol–water partition coefficient (Wildman–Crippen LogP) is 2.56. The average molecular weight is 263 g/mol. The van der Waals surface area contributed by atoms with E-state index in [4.69, 9.17) is 9.47 Å². The van der Waals surface area contributed by atoms with Crippen LogP contribution in [-0.2, 0) is 15.9 Å². The fourth-order valence-electron chi connectivity index (χ4n) is 2.78. The topological polar surface area (TPSA) is 30.5 Å². The van der Waals surface area contributed by atoms with Crippen LogP contribution in [0, 0.1) is 5.92 Å². The number of ether oxygens (including phenoxy) is 2. The van der Waals surface area contributed by atoms with Gasteiger partial charge < -0.3 is 14.8 Å². The van der Waals surface area contributed by atoms with Crippen molar-refractivity contribution in [3.05, 3.63) is 35.4 Å². The van der Waals surface area contributed by atoms with Crippen LogP contribution < -0.4 is 5.32 Å². The maximum absolute atomic E-state index is 5.98. The van der Waals surface area contributed by atoms with Crippen LogP contribution in [0.5, 0.6) is 0 Å². The monoisotopic (exact) mass is 263 g/mol. The van der Waals surface area contributed by atoms with Crippen molar-refractivity contribution in [1.29, 1.82) is 0 Å². The summed E-state index contributed by atoms with van der Waals surface area (Å²) in [5.74, 6) is 0.574. The summed E-state index contributed by atoms with van der Waals surface area (Å²) in [6.45, 7) is 5.77. The molecule has 0 aliphatic carbocycles. The summed E-state index contributed by atoms with van der Waals surface area (Å²) in [6.07, 6.45) is 2.47. The van der Waals surface area contributed by atoms with E-state index in [0.717, 1.165) is 39.1 Å². The number of aryl methyl sites for hydroxylation is 1. The van der Waals surface area contributed by atoms with Crippen LogP contribution in [-0.4, -0.2) is 33.4 Å². The molecule has 2 unspecified atom stereocenters. The molecule has 1 aliphatic heterocycles. The van der Waals surface area contributed by atoms with Gasteiger partial charge in [0.2, 0.25) is 0 Å². The summed E-state index contributed by atoms with van der Waals surface area (Å²) in [6, 6.07) is 8.66. The molecule has 3 nitrogen and oxygen atoms in total. The van der Waals surface area contributed by atoms with Gasteiger partial charge in [-0.1, -0.05) is 31.2 Å². The van der Waals surface area contributed by atoms with Crippen molar-refractivity contribution < 1.29 is 9.47 Å². The van der Waals surface area contributed by atoms with E-state index in [1.165, 1.54) is 11.1 Å². The highest BCUT2D eigenvalue weighted by molar-refractivity contribution is 5.30. The Morgan fingerprint density at radius 3 is 3.00 bits per heavy atom. The molecule has 1 N–H and O–H groups in total. The van der Waals surface area contributed by atoms with E-state index >= 15 is 0 Å². The fourth-order valence-corrected chi connectivity index (χ4v) is 2.78. The Balaban J connectivity index is 1.97. The van der Waals surface area contributed by atoms with E-state index in [2.05, 4.69) is 36.5 Å². The van der Waals surface area contributed by atoms with E-state index in [9.17, 15) is 0 Å². The quantitative estimate of drug-likeness (QED) is 0.767. The van der Waals surface area contributed by atoms with Crippen molar-refractivity contribution in [3.8, 4) is 0 Å². The summed E-state index contributed by atoms with van der Waals surface area (Å²) in [7, 11) is 1.74. The fraction of sp³-hybridized carbons (Fsp3) is 0.625. The van der Waals surface area contributed by atoms with Crippen molar-refractivity contribution in [2.24, 2.45) is 5.92 Å². The molecule has 1 saturated heterocycles. The molecule has 106 valence electrons. The zero-order chi connectivity index (χ0) is 13.5. The van der Waals surface area contributed by atoms with Gasteiger partial charge in [0.05, 0.1) is 12.7 Å². The van der Waals surface area contributed by atoms with E-state index in [1.807, 2.05) is 0 Å². The number of benzene rings is 1. The van der Waals surface area contributed by atoms with E-state index in [1.54, 1.807) is 7.11 Å². The van der Waals surface area contributed by atoms with Crippen LogP contribution in [0.1, 0.15) is 30.6 Å². The molecule has 19 heavy (non-hydrogen) atoms. The second kappa shape index (κ2) is 7.63. The second-order valence-corrected chi connectivity index (χ2v) is 5.09. The Hall–Kier alpha value is -0.900. The zero-order valence-electron chi connectivity index (χ0n) is 12.0. The lowest BCUT2D eigenvalue weighted by Gasteiger charge is -2.21. The number of hydrogen-bond acceptors (Lipinski definition) is 3. The van der Waals surface area contributed by atoms with Gasteiger partial charge in [-0.15, -0.1) is 0 Å². The van der Waals surface area contributed by atoms with Crippen LogP contribution >= 0.6 is 0 Å². The summed E-state index contributed by atoms with van der Waals surface area (Å²) in [4.78, 5) is 0. The molecule has 0 bridgehead atoms. The molecule has 3 heteroatoms. The van der Waals surface area contributed by atoms with Gasteiger partial charge in [-0.05, 0) is 24.0 Å². The van der Waals surface area contributed by atoms with Crippen LogP contribution in [0.25, 0.3) is 0 Å². The lowest BCUT2D eigenvalue weighted by molar-refractivity contribution is 0.0892. The Kier molecular flexibility index (Phi) is 5.83. The zero-order valence-corrected chi connectivity index (χ0v) is 12.0. The summed E-state index contributed by atoms with van der Waals surface area (Å²) >= 11 is 0. The van der Waals surface area contributed by atoms with Crippen LogP contribution in [0.4, 0.5) is 0 Å². The Bertz CT molecular complexity index is 381. The maximum Gasteiger partial charge on any atom is 0.0868 e. The van der Waals surface area contributed by atoms with Gasteiger partial charge in [-0.25, -0.2) is 0 Å². The van der Waals surface area contributed by atoms with Gasteiger partial charge in [0.15, 0.2) is 0 Å². The smallest absolute Gasteiger partial charge is 0.0868 e. The molecule has 0 spiro atoms. The van der Waals surface area contributed by atoms with Gasteiger partial charge >= 0.3 is 0 Å². The van der Waals surface area contributed by atoms with Gasteiger partial charge in [0.25, 0.3) is 0 Å².